The van der Waals surface area contributed by atoms with Crippen LogP contribution in [0.25, 0.3) is 0 Å². The van der Waals surface area contributed by atoms with Crippen molar-refractivity contribution < 1.29 is 21.8 Å². The molecule has 28 heavy (non-hydrogen) atoms. The number of alkyl halides is 1. The third-order valence-electron chi connectivity index (χ3n) is 5.58. The number of rotatable bonds is 4. The van der Waals surface area contributed by atoms with Crippen LogP contribution in [0.5, 0.6) is 0 Å². The Balaban J connectivity index is 1.50. The van der Waals surface area contributed by atoms with Gasteiger partial charge in [-0.25, -0.2) is 4.39 Å². The van der Waals surface area contributed by atoms with Gasteiger partial charge in [0.1, 0.15) is 12.3 Å². The lowest BCUT2D eigenvalue weighted by Gasteiger charge is -2.22. The fourth-order valence-corrected chi connectivity index (χ4v) is 6.09. The fourth-order valence-electron chi connectivity index (χ4n) is 4.12. The lowest BCUT2D eigenvalue weighted by Crippen LogP contribution is -2.35. The molecule has 4 rings (SSSR count). The molecule has 1 aromatic carbocycles. The average Bonchev–Trinajstić information content (AvgIpc) is 3.32. The van der Waals surface area contributed by atoms with Crippen LogP contribution in [0.2, 0.25) is 0 Å². The van der Waals surface area contributed by atoms with E-state index in [4.69, 9.17) is 4.18 Å². The van der Waals surface area contributed by atoms with Crippen molar-refractivity contribution in [2.24, 2.45) is 11.8 Å². The van der Waals surface area contributed by atoms with Crippen LogP contribution in [0.1, 0.15) is 26.5 Å². The highest BCUT2D eigenvalue weighted by atomic mass is 32.2. The minimum absolute atomic E-state index is 0.0220. The maximum Gasteiger partial charge on any atom is 0.297 e. The van der Waals surface area contributed by atoms with Gasteiger partial charge in [-0.3, -0.25) is 8.98 Å². The minimum atomic E-state index is -4.06. The molecule has 1 saturated heterocycles. The molecule has 0 bridgehead atoms. The molecule has 0 spiro atoms. The number of nitrogens with zero attached hydrogens (tertiary/aromatic N) is 1. The summed E-state index contributed by atoms with van der Waals surface area (Å²) in [5, 5.41) is 0. The van der Waals surface area contributed by atoms with Crippen molar-refractivity contribution in [1.29, 1.82) is 0 Å². The van der Waals surface area contributed by atoms with Crippen molar-refractivity contribution in [1.82, 2.24) is 4.90 Å². The largest absolute Gasteiger partial charge is 0.337 e. The van der Waals surface area contributed by atoms with Crippen LogP contribution >= 0.6 is 11.3 Å². The first-order valence-electron chi connectivity index (χ1n) is 9.24. The average molecular weight is 424 g/mol. The van der Waals surface area contributed by atoms with Gasteiger partial charge in [-0.05, 0) is 50.5 Å². The molecule has 0 radical (unpaired) electrons. The monoisotopic (exact) mass is 423 g/mol. The second kappa shape index (κ2) is 7.24. The van der Waals surface area contributed by atoms with Crippen molar-refractivity contribution in [2.75, 3.05) is 13.1 Å². The van der Waals surface area contributed by atoms with E-state index in [1.165, 1.54) is 23.5 Å². The summed E-state index contributed by atoms with van der Waals surface area (Å²) in [6, 6.07) is 9.98. The van der Waals surface area contributed by atoms with Gasteiger partial charge in [0.05, 0.1) is 9.77 Å². The summed E-state index contributed by atoms with van der Waals surface area (Å²) in [7, 11) is -4.06. The number of benzene rings is 1. The first-order chi connectivity index (χ1) is 13.2. The first-order valence-corrected chi connectivity index (χ1v) is 11.5. The van der Waals surface area contributed by atoms with Gasteiger partial charge in [0.25, 0.3) is 16.0 Å². The molecule has 2 fully saturated rings. The number of halogens is 1. The highest BCUT2D eigenvalue weighted by Gasteiger charge is 2.52. The maximum absolute atomic E-state index is 14.6. The molecule has 1 aliphatic heterocycles. The molecule has 1 amide bonds. The first kappa shape index (κ1) is 19.5. The molecule has 2 aromatic rings. The Bertz CT molecular complexity index is 986. The van der Waals surface area contributed by atoms with E-state index < -0.39 is 22.4 Å². The van der Waals surface area contributed by atoms with Crippen molar-refractivity contribution in [2.45, 2.75) is 37.4 Å². The predicted molar refractivity (Wildman–Crippen MR) is 105 cm³/mol. The Hall–Kier alpha value is -1.77. The van der Waals surface area contributed by atoms with Gasteiger partial charge < -0.3 is 4.90 Å². The number of aryl methyl sites for hydroxylation is 2. The van der Waals surface area contributed by atoms with Crippen LogP contribution < -0.4 is 0 Å². The third-order valence-corrected chi connectivity index (χ3v) is 7.90. The molecule has 4 atom stereocenters. The number of thiophene rings is 1. The number of fused-ring (bicyclic) bond motifs is 1. The summed E-state index contributed by atoms with van der Waals surface area (Å²) in [5.74, 6) is -0.485. The van der Waals surface area contributed by atoms with Gasteiger partial charge in [-0.2, -0.15) is 8.42 Å². The Labute approximate surface area is 168 Å². The number of hydrogen-bond donors (Lipinski definition) is 0. The van der Waals surface area contributed by atoms with Crippen molar-refractivity contribution >= 4 is 27.4 Å². The van der Waals surface area contributed by atoms with Gasteiger partial charge in [0.2, 0.25) is 0 Å². The fraction of sp³-hybridized carbons (Fsp3) is 0.450. The van der Waals surface area contributed by atoms with Crippen molar-refractivity contribution in [3.05, 3.63) is 51.7 Å². The van der Waals surface area contributed by atoms with E-state index in [2.05, 4.69) is 0 Å². The minimum Gasteiger partial charge on any atom is -0.337 e. The second-order valence-corrected chi connectivity index (χ2v) is 10.5. The molecule has 0 unspecified atom stereocenters. The number of hydrogen-bond acceptors (Lipinski definition) is 5. The molecular formula is C20H22FNO4S2. The van der Waals surface area contributed by atoms with Crippen LogP contribution in [0.4, 0.5) is 4.39 Å². The lowest BCUT2D eigenvalue weighted by molar-refractivity contribution is 0.0705. The standard InChI is InChI=1S/C20H22FNO4S2/c1-12-3-6-15(7-4-12)28(24,25)26-19-16-11-22(10-14(16)9-17(19)21)20(23)18-8-5-13(2)27-18/h3-8,14,16-17,19H,9-11H2,1-2H3/t14-,16+,17+,19+/m0/s1. The SMILES string of the molecule is Cc1ccc(S(=O)(=O)O[C@@H]2[C@@H]3CN(C(=O)c4ccc(C)s4)C[C@@H]3C[C@H]2F)cc1. The van der Waals surface area contributed by atoms with E-state index >= 15 is 0 Å². The Morgan fingerprint density at radius 3 is 2.50 bits per heavy atom. The Kier molecular flexibility index (Phi) is 5.05. The van der Waals surface area contributed by atoms with Crippen LogP contribution in [-0.2, 0) is 14.3 Å². The zero-order valence-corrected chi connectivity index (χ0v) is 17.3. The van der Waals surface area contributed by atoms with Gasteiger partial charge in [0.15, 0.2) is 0 Å². The molecule has 5 nitrogen and oxygen atoms in total. The quantitative estimate of drug-likeness (QED) is 0.706. The summed E-state index contributed by atoms with van der Waals surface area (Å²) >= 11 is 1.43. The van der Waals surface area contributed by atoms with E-state index in [1.807, 2.05) is 19.9 Å². The molecule has 2 aliphatic rings. The van der Waals surface area contributed by atoms with E-state index in [0.717, 1.165) is 10.4 Å². The molecular weight excluding hydrogens is 401 g/mol. The summed E-state index contributed by atoms with van der Waals surface area (Å²) in [6.07, 6.45) is -2.19. The van der Waals surface area contributed by atoms with Gasteiger partial charge in [-0.15, -0.1) is 11.3 Å². The highest BCUT2D eigenvalue weighted by molar-refractivity contribution is 7.86. The normalized spacial score (nSPS) is 27.2. The van der Waals surface area contributed by atoms with Gasteiger partial charge in [-0.1, -0.05) is 17.7 Å². The summed E-state index contributed by atoms with van der Waals surface area (Å²) in [6.45, 7) is 4.55. The number of amides is 1. The zero-order valence-electron chi connectivity index (χ0n) is 15.7. The van der Waals surface area contributed by atoms with Crippen LogP contribution in [-0.4, -0.2) is 44.6 Å². The van der Waals surface area contributed by atoms with Crippen LogP contribution in [0.3, 0.4) is 0 Å². The van der Waals surface area contributed by atoms with Crippen molar-refractivity contribution in [3.8, 4) is 0 Å². The maximum atomic E-state index is 14.6. The predicted octanol–water partition coefficient (Wildman–Crippen LogP) is 3.57. The molecule has 2 heterocycles. The molecule has 1 saturated carbocycles. The van der Waals surface area contributed by atoms with Gasteiger partial charge >= 0.3 is 0 Å². The highest BCUT2D eigenvalue weighted by Crippen LogP contribution is 2.43. The number of carbonyl (C=O) groups excluding carboxylic acids is 1. The Morgan fingerprint density at radius 2 is 1.86 bits per heavy atom. The van der Waals surface area contributed by atoms with E-state index in [9.17, 15) is 17.6 Å². The summed E-state index contributed by atoms with van der Waals surface area (Å²) in [5.41, 5.74) is 0.928. The van der Waals surface area contributed by atoms with Crippen molar-refractivity contribution in [3.63, 3.8) is 0 Å². The number of carbonyl (C=O) groups is 1. The summed E-state index contributed by atoms with van der Waals surface area (Å²) in [4.78, 5) is 16.1. The molecule has 1 aromatic heterocycles. The van der Waals surface area contributed by atoms with E-state index in [0.29, 0.717) is 18.0 Å². The molecule has 1 aliphatic carbocycles. The topological polar surface area (TPSA) is 63.7 Å². The van der Waals surface area contributed by atoms with E-state index in [-0.39, 0.29) is 29.1 Å². The van der Waals surface area contributed by atoms with Crippen LogP contribution in [0.15, 0.2) is 41.3 Å². The van der Waals surface area contributed by atoms with Crippen LogP contribution in [0, 0.1) is 25.7 Å². The zero-order chi connectivity index (χ0) is 20.1. The Morgan fingerprint density at radius 1 is 1.14 bits per heavy atom. The number of likely N-dealkylation sites (tertiary alicyclic amines) is 1. The van der Waals surface area contributed by atoms with E-state index in [1.54, 1.807) is 23.1 Å². The van der Waals surface area contributed by atoms with Gasteiger partial charge in [0, 0.05) is 23.9 Å². The molecule has 0 N–H and O–H groups in total. The second-order valence-electron chi connectivity index (χ2n) is 7.62. The third kappa shape index (κ3) is 3.60. The summed E-state index contributed by atoms with van der Waals surface area (Å²) < 4.78 is 45.1. The molecule has 8 heteroatoms. The lowest BCUT2D eigenvalue weighted by atomic mass is 9.99. The molecule has 150 valence electrons. The smallest absolute Gasteiger partial charge is 0.297 e.